The maximum atomic E-state index is 12.9. The van der Waals surface area contributed by atoms with Gasteiger partial charge in [0.2, 0.25) is 0 Å². The Hall–Kier alpha value is -3.47. The number of benzene rings is 2. The van der Waals surface area contributed by atoms with Gasteiger partial charge in [0.05, 0.1) is 6.10 Å². The molecule has 1 saturated carbocycles. The summed E-state index contributed by atoms with van der Waals surface area (Å²) in [5, 5.41) is 1.14. The maximum Gasteiger partial charge on any atom is 0.573 e. The number of hydrogen-bond donors (Lipinski definition) is 1. The minimum absolute atomic E-state index is 0.0591. The highest BCUT2D eigenvalue weighted by atomic mass is 32.2. The highest BCUT2D eigenvalue weighted by molar-refractivity contribution is 7.95. The van der Waals surface area contributed by atoms with E-state index in [2.05, 4.69) is 16.0 Å². The minimum atomic E-state index is -4.91. The third kappa shape index (κ3) is 5.84. The molecule has 0 aliphatic heterocycles. The van der Waals surface area contributed by atoms with Gasteiger partial charge < -0.3 is 14.0 Å². The molecule has 1 heterocycles. The lowest BCUT2D eigenvalue weighted by atomic mass is 9.96. The van der Waals surface area contributed by atoms with Gasteiger partial charge in [0.15, 0.2) is 0 Å². The molecule has 36 heavy (non-hydrogen) atoms. The number of alkyl halides is 3. The van der Waals surface area contributed by atoms with E-state index in [1.807, 2.05) is 0 Å². The molecule has 0 spiro atoms. The number of aromatic nitrogens is 1. The van der Waals surface area contributed by atoms with Gasteiger partial charge in [-0.3, -0.25) is 9.52 Å². The Morgan fingerprint density at radius 1 is 1.06 bits per heavy atom. The molecule has 1 N–H and O–H groups in total. The Morgan fingerprint density at radius 3 is 2.44 bits per heavy atom. The summed E-state index contributed by atoms with van der Waals surface area (Å²) < 4.78 is 76.9. The van der Waals surface area contributed by atoms with Gasteiger partial charge in [-0.15, -0.1) is 13.2 Å². The fraction of sp³-hybridized carbons (Fsp3) is 0.320. The third-order valence-electron chi connectivity index (χ3n) is 5.98. The maximum absolute atomic E-state index is 12.9. The molecule has 0 radical (unpaired) electrons. The molecule has 0 atom stereocenters. The van der Waals surface area contributed by atoms with Crippen molar-refractivity contribution >= 4 is 26.5 Å². The Kier molecular flexibility index (Phi) is 7.03. The fourth-order valence-corrected chi connectivity index (χ4v) is 4.87. The Balaban J connectivity index is 1.92. The van der Waals surface area contributed by atoms with Crippen LogP contribution in [0.25, 0.3) is 21.9 Å². The molecule has 2 aromatic carbocycles. The largest absolute Gasteiger partial charge is 0.573 e. The first kappa shape index (κ1) is 25.6. The topological polar surface area (TPSA) is 86.6 Å². The van der Waals surface area contributed by atoms with E-state index >= 15 is 0 Å². The first-order chi connectivity index (χ1) is 17.0. The van der Waals surface area contributed by atoms with Crippen molar-refractivity contribution in [3.63, 3.8) is 0 Å². The second kappa shape index (κ2) is 9.88. The van der Waals surface area contributed by atoms with Gasteiger partial charge in [-0.2, -0.15) is 0 Å². The van der Waals surface area contributed by atoms with Gasteiger partial charge in [0.25, 0.3) is 15.6 Å². The van der Waals surface area contributed by atoms with E-state index < -0.39 is 27.7 Å². The number of sulfonamides is 1. The number of aryl methyl sites for hydroxylation is 1. The van der Waals surface area contributed by atoms with Crippen LogP contribution in [-0.4, -0.2) is 25.5 Å². The quantitative estimate of drug-likeness (QED) is 0.430. The average Bonchev–Trinajstić information content (AvgIpc) is 2.82. The molecule has 4 rings (SSSR count). The summed E-state index contributed by atoms with van der Waals surface area (Å²) in [5.74, 6) is -0.0618. The van der Waals surface area contributed by atoms with Crippen LogP contribution in [0.3, 0.4) is 0 Å². The van der Waals surface area contributed by atoms with Crippen LogP contribution in [0, 0.1) is 0 Å². The second-order valence-electron chi connectivity index (χ2n) is 8.62. The van der Waals surface area contributed by atoms with E-state index in [4.69, 9.17) is 4.74 Å². The summed E-state index contributed by atoms with van der Waals surface area (Å²) in [6.07, 6.45) is 1.35. The van der Waals surface area contributed by atoms with E-state index in [1.165, 1.54) is 36.0 Å². The predicted octanol–water partition coefficient (Wildman–Crippen LogP) is 5.70. The lowest BCUT2D eigenvalue weighted by Crippen LogP contribution is -2.20. The normalized spacial score (nSPS) is 15.0. The zero-order valence-corrected chi connectivity index (χ0v) is 20.3. The lowest BCUT2D eigenvalue weighted by Gasteiger charge is -2.25. The molecular weight excluding hydrogens is 497 g/mol. The summed E-state index contributed by atoms with van der Waals surface area (Å²) in [7, 11) is -2.30. The van der Waals surface area contributed by atoms with Crippen LogP contribution < -0.4 is 19.8 Å². The van der Waals surface area contributed by atoms with Gasteiger partial charge in [0.1, 0.15) is 11.5 Å². The number of halogens is 3. The molecule has 0 bridgehead atoms. The summed E-state index contributed by atoms with van der Waals surface area (Å²) in [6.45, 7) is 3.29. The van der Waals surface area contributed by atoms with Crippen LogP contribution in [0.4, 0.5) is 18.9 Å². The Bertz CT molecular complexity index is 1460. The molecule has 1 aromatic heterocycles. The molecule has 1 aliphatic carbocycles. The van der Waals surface area contributed by atoms with Crippen molar-refractivity contribution in [2.24, 2.45) is 7.05 Å². The Labute approximate surface area is 206 Å². The van der Waals surface area contributed by atoms with E-state index in [0.717, 1.165) is 49.6 Å². The van der Waals surface area contributed by atoms with Crippen molar-refractivity contribution in [2.45, 2.75) is 44.6 Å². The van der Waals surface area contributed by atoms with Gasteiger partial charge in [-0.1, -0.05) is 13.0 Å². The minimum Gasteiger partial charge on any atom is -0.490 e. The number of nitrogens with one attached hydrogen (secondary N) is 1. The van der Waals surface area contributed by atoms with Crippen molar-refractivity contribution < 1.29 is 31.1 Å². The van der Waals surface area contributed by atoms with E-state index in [9.17, 15) is 26.4 Å². The molecular formula is C25H25F3N2O5S. The van der Waals surface area contributed by atoms with Gasteiger partial charge in [0, 0.05) is 46.2 Å². The van der Waals surface area contributed by atoms with Crippen molar-refractivity contribution in [2.75, 3.05) is 4.72 Å². The number of anilines is 1. The molecule has 1 aliphatic rings. The molecule has 0 saturated heterocycles. The molecule has 1 fully saturated rings. The standard InChI is InChI=1S/C25H25F3N2O5S/c1-3-36(32,33)29-16-9-12-23(34-17-7-5-4-6-8-17)21(13-16)22-15-30(2)24(31)19-11-10-18(14-20(19)22)35-25(26,27)28/h3,9-15,17,29H,1,4-8H2,2H3. The molecule has 192 valence electrons. The van der Waals surface area contributed by atoms with Gasteiger partial charge >= 0.3 is 6.36 Å². The Morgan fingerprint density at radius 2 is 1.78 bits per heavy atom. The van der Waals surface area contributed by atoms with Crippen LogP contribution in [0.5, 0.6) is 11.5 Å². The number of pyridine rings is 1. The van der Waals surface area contributed by atoms with Crippen LogP contribution in [0.15, 0.2) is 59.4 Å². The molecule has 3 aromatic rings. The first-order valence-corrected chi connectivity index (χ1v) is 12.9. The van der Waals surface area contributed by atoms with Crippen molar-refractivity contribution in [1.82, 2.24) is 4.57 Å². The average molecular weight is 523 g/mol. The van der Waals surface area contributed by atoms with Crippen LogP contribution in [0.1, 0.15) is 32.1 Å². The number of nitrogens with zero attached hydrogens (tertiary/aromatic N) is 1. The van der Waals surface area contributed by atoms with Crippen LogP contribution >= 0.6 is 0 Å². The van der Waals surface area contributed by atoms with Crippen LogP contribution in [0.2, 0.25) is 0 Å². The van der Waals surface area contributed by atoms with E-state index in [-0.39, 0.29) is 22.6 Å². The molecule has 11 heteroatoms. The van der Waals surface area contributed by atoms with Crippen molar-refractivity contribution in [3.8, 4) is 22.6 Å². The summed E-state index contributed by atoms with van der Waals surface area (Å²) in [4.78, 5) is 12.8. The molecule has 0 unspecified atom stereocenters. The zero-order chi connectivity index (χ0) is 26.1. The van der Waals surface area contributed by atoms with Gasteiger partial charge in [-0.25, -0.2) is 8.42 Å². The zero-order valence-electron chi connectivity index (χ0n) is 19.5. The number of ether oxygens (including phenoxy) is 2. The second-order valence-corrected chi connectivity index (χ2v) is 10.2. The molecule has 7 nitrogen and oxygen atoms in total. The van der Waals surface area contributed by atoms with Crippen molar-refractivity contribution in [1.29, 1.82) is 0 Å². The summed E-state index contributed by atoms with van der Waals surface area (Å²) in [5.41, 5.74) is 0.580. The highest BCUT2D eigenvalue weighted by Gasteiger charge is 2.31. The lowest BCUT2D eigenvalue weighted by molar-refractivity contribution is -0.274. The SMILES string of the molecule is C=CS(=O)(=O)Nc1ccc(OC2CCCCC2)c(-c2cn(C)c(=O)c3ccc(OC(F)(F)F)cc23)c1. The highest BCUT2D eigenvalue weighted by Crippen LogP contribution is 2.39. The first-order valence-electron chi connectivity index (χ1n) is 11.3. The number of fused-ring (bicyclic) bond motifs is 1. The fourth-order valence-electron chi connectivity index (χ4n) is 4.33. The number of rotatable bonds is 7. The van der Waals surface area contributed by atoms with Gasteiger partial charge in [-0.05, 0) is 62.1 Å². The molecule has 0 amide bonds. The number of hydrogen-bond acceptors (Lipinski definition) is 5. The van der Waals surface area contributed by atoms with Crippen LogP contribution in [-0.2, 0) is 17.1 Å². The van der Waals surface area contributed by atoms with E-state index in [1.54, 1.807) is 6.07 Å². The summed E-state index contributed by atoms with van der Waals surface area (Å²) in [6, 6.07) is 8.16. The monoisotopic (exact) mass is 522 g/mol. The predicted molar refractivity (Wildman–Crippen MR) is 132 cm³/mol. The van der Waals surface area contributed by atoms with E-state index in [0.29, 0.717) is 16.9 Å². The summed E-state index contributed by atoms with van der Waals surface area (Å²) >= 11 is 0. The third-order valence-corrected chi connectivity index (χ3v) is 6.94. The van der Waals surface area contributed by atoms with Crippen molar-refractivity contribution in [3.05, 3.63) is 64.9 Å². The smallest absolute Gasteiger partial charge is 0.490 e.